The quantitative estimate of drug-likeness (QED) is 0.857. The van der Waals surface area contributed by atoms with Crippen LogP contribution >= 0.6 is 11.6 Å². The molecule has 1 aliphatic heterocycles. The molecule has 0 bridgehead atoms. The Morgan fingerprint density at radius 3 is 2.83 bits per heavy atom. The van der Waals surface area contributed by atoms with Gasteiger partial charge in [0.2, 0.25) is 0 Å². The standard InChI is InChI=1S/C16H16ClF2N3O/c17-5-6-20-16(23)22-9-8-21-7-1-2-14(21)15(22)11-3-4-12(18)13(19)10-11/h1-4,7,10,15H,5-6,8-9H2,(H,20,23)/t15-/m0/s1. The van der Waals surface area contributed by atoms with Gasteiger partial charge in [-0.15, -0.1) is 11.6 Å². The molecule has 0 aliphatic carbocycles. The van der Waals surface area contributed by atoms with E-state index in [1.165, 1.54) is 6.07 Å². The van der Waals surface area contributed by atoms with Gasteiger partial charge in [-0.1, -0.05) is 6.07 Å². The van der Waals surface area contributed by atoms with E-state index in [0.29, 0.717) is 31.1 Å². The molecule has 3 rings (SSSR count). The molecule has 7 heteroatoms. The molecule has 1 N–H and O–H groups in total. The molecule has 23 heavy (non-hydrogen) atoms. The minimum Gasteiger partial charge on any atom is -0.348 e. The van der Waals surface area contributed by atoms with Crippen molar-refractivity contribution in [3.05, 3.63) is 59.4 Å². The lowest BCUT2D eigenvalue weighted by Crippen LogP contribution is -2.47. The summed E-state index contributed by atoms with van der Waals surface area (Å²) in [7, 11) is 0. The topological polar surface area (TPSA) is 37.3 Å². The smallest absolute Gasteiger partial charge is 0.318 e. The number of hydrogen-bond donors (Lipinski definition) is 1. The fourth-order valence-corrected chi connectivity index (χ4v) is 2.99. The molecule has 0 spiro atoms. The number of amides is 2. The lowest BCUT2D eigenvalue weighted by molar-refractivity contribution is 0.169. The van der Waals surface area contributed by atoms with E-state index in [1.807, 2.05) is 22.9 Å². The second-order valence-electron chi connectivity index (χ2n) is 5.32. The molecule has 0 fully saturated rings. The van der Waals surface area contributed by atoms with E-state index in [1.54, 1.807) is 4.90 Å². The van der Waals surface area contributed by atoms with Crippen molar-refractivity contribution in [1.82, 2.24) is 14.8 Å². The van der Waals surface area contributed by atoms with Crippen molar-refractivity contribution in [3.63, 3.8) is 0 Å². The first-order valence-electron chi connectivity index (χ1n) is 7.32. The van der Waals surface area contributed by atoms with Gasteiger partial charge in [-0.25, -0.2) is 13.6 Å². The van der Waals surface area contributed by atoms with Crippen molar-refractivity contribution in [2.75, 3.05) is 19.0 Å². The third-order valence-corrected chi connectivity index (χ3v) is 4.12. The van der Waals surface area contributed by atoms with E-state index in [4.69, 9.17) is 11.6 Å². The van der Waals surface area contributed by atoms with Crippen LogP contribution in [0.1, 0.15) is 17.3 Å². The van der Waals surface area contributed by atoms with Crippen LogP contribution in [-0.2, 0) is 6.54 Å². The molecule has 1 aromatic heterocycles. The van der Waals surface area contributed by atoms with Crippen LogP contribution < -0.4 is 5.32 Å². The van der Waals surface area contributed by atoms with E-state index in [2.05, 4.69) is 5.32 Å². The molecule has 4 nitrogen and oxygen atoms in total. The lowest BCUT2D eigenvalue weighted by Gasteiger charge is -2.37. The SMILES string of the molecule is O=C(NCCCl)N1CCn2cccc2[C@@H]1c1ccc(F)c(F)c1. The van der Waals surface area contributed by atoms with Crippen molar-refractivity contribution in [2.24, 2.45) is 0 Å². The summed E-state index contributed by atoms with van der Waals surface area (Å²) in [6.07, 6.45) is 1.91. The van der Waals surface area contributed by atoms with Gasteiger partial charge in [0.05, 0.1) is 6.04 Å². The molecular weight excluding hydrogens is 324 g/mol. The summed E-state index contributed by atoms with van der Waals surface area (Å²) in [4.78, 5) is 14.0. The van der Waals surface area contributed by atoms with Crippen LogP contribution in [0, 0.1) is 11.6 Å². The van der Waals surface area contributed by atoms with Gasteiger partial charge < -0.3 is 14.8 Å². The fourth-order valence-electron chi connectivity index (χ4n) is 2.89. The average Bonchev–Trinajstić information content (AvgIpc) is 3.03. The number of aromatic nitrogens is 1. The maximum absolute atomic E-state index is 13.6. The molecule has 2 amide bonds. The highest BCUT2D eigenvalue weighted by molar-refractivity contribution is 6.18. The lowest BCUT2D eigenvalue weighted by atomic mass is 10.00. The number of carbonyl (C=O) groups is 1. The van der Waals surface area contributed by atoms with Crippen LogP contribution in [0.3, 0.4) is 0 Å². The third-order valence-electron chi connectivity index (χ3n) is 3.93. The van der Waals surface area contributed by atoms with Gasteiger partial charge in [-0.2, -0.15) is 0 Å². The highest BCUT2D eigenvalue weighted by atomic mass is 35.5. The zero-order chi connectivity index (χ0) is 16.4. The van der Waals surface area contributed by atoms with Gasteiger partial charge in [-0.3, -0.25) is 0 Å². The van der Waals surface area contributed by atoms with Gasteiger partial charge in [0.15, 0.2) is 11.6 Å². The normalized spacial score (nSPS) is 17.0. The summed E-state index contributed by atoms with van der Waals surface area (Å²) in [5, 5.41) is 2.73. The second kappa shape index (κ2) is 6.58. The summed E-state index contributed by atoms with van der Waals surface area (Å²) >= 11 is 5.61. The largest absolute Gasteiger partial charge is 0.348 e. The van der Waals surface area contributed by atoms with E-state index >= 15 is 0 Å². The molecule has 2 aromatic rings. The molecule has 1 atom stereocenters. The van der Waals surface area contributed by atoms with Gasteiger partial charge in [0.1, 0.15) is 0 Å². The molecule has 1 aliphatic rings. The highest BCUT2D eigenvalue weighted by Gasteiger charge is 2.32. The Kier molecular flexibility index (Phi) is 4.52. The highest BCUT2D eigenvalue weighted by Crippen LogP contribution is 2.33. The Morgan fingerprint density at radius 2 is 2.09 bits per heavy atom. The van der Waals surface area contributed by atoms with Gasteiger partial charge in [-0.05, 0) is 29.8 Å². The Hall–Kier alpha value is -2.08. The number of urea groups is 1. The predicted octanol–water partition coefficient (Wildman–Crippen LogP) is 3.12. The second-order valence-corrected chi connectivity index (χ2v) is 5.69. The monoisotopic (exact) mass is 339 g/mol. The van der Waals surface area contributed by atoms with Crippen LogP contribution in [0.15, 0.2) is 36.5 Å². The number of halogens is 3. The molecule has 2 heterocycles. The van der Waals surface area contributed by atoms with E-state index in [9.17, 15) is 13.6 Å². The Balaban J connectivity index is 1.99. The van der Waals surface area contributed by atoms with Crippen molar-refractivity contribution >= 4 is 17.6 Å². The van der Waals surface area contributed by atoms with Crippen molar-refractivity contribution in [3.8, 4) is 0 Å². The number of benzene rings is 1. The minimum absolute atomic E-state index is 0.271. The molecule has 122 valence electrons. The van der Waals surface area contributed by atoms with Crippen LogP contribution in [0.2, 0.25) is 0 Å². The maximum atomic E-state index is 13.6. The summed E-state index contributed by atoms with van der Waals surface area (Å²) < 4.78 is 28.9. The molecule has 1 aromatic carbocycles. The molecule has 0 saturated heterocycles. The first-order chi connectivity index (χ1) is 11.1. The Morgan fingerprint density at radius 1 is 1.26 bits per heavy atom. The Bertz CT molecular complexity index is 719. The Labute approximate surface area is 137 Å². The summed E-state index contributed by atoms with van der Waals surface area (Å²) in [6, 6.07) is 6.76. The van der Waals surface area contributed by atoms with Crippen LogP contribution in [0.5, 0.6) is 0 Å². The summed E-state index contributed by atoms with van der Waals surface area (Å²) in [5.41, 5.74) is 1.40. The molecule has 0 radical (unpaired) electrons. The molecule has 0 unspecified atom stereocenters. The summed E-state index contributed by atoms with van der Waals surface area (Å²) in [5.74, 6) is -1.52. The first-order valence-corrected chi connectivity index (χ1v) is 7.85. The number of fused-ring (bicyclic) bond motifs is 1. The molecular formula is C16H16ClF2N3O. The molecule has 0 saturated carbocycles. The number of nitrogens with one attached hydrogen (secondary N) is 1. The predicted molar refractivity (Wildman–Crippen MR) is 83.5 cm³/mol. The number of carbonyl (C=O) groups excluding carboxylic acids is 1. The van der Waals surface area contributed by atoms with Crippen molar-refractivity contribution < 1.29 is 13.6 Å². The fraction of sp³-hybridized carbons (Fsp3) is 0.312. The van der Waals surface area contributed by atoms with Gasteiger partial charge in [0, 0.05) is 37.4 Å². The van der Waals surface area contributed by atoms with Crippen LogP contribution in [0.4, 0.5) is 13.6 Å². The average molecular weight is 340 g/mol. The van der Waals surface area contributed by atoms with Gasteiger partial charge >= 0.3 is 6.03 Å². The van der Waals surface area contributed by atoms with E-state index < -0.39 is 17.7 Å². The van der Waals surface area contributed by atoms with Gasteiger partial charge in [0.25, 0.3) is 0 Å². The van der Waals surface area contributed by atoms with Crippen molar-refractivity contribution in [1.29, 1.82) is 0 Å². The number of hydrogen-bond acceptors (Lipinski definition) is 1. The summed E-state index contributed by atoms with van der Waals surface area (Å²) in [6.45, 7) is 1.47. The zero-order valence-electron chi connectivity index (χ0n) is 12.3. The van der Waals surface area contributed by atoms with Crippen LogP contribution in [0.25, 0.3) is 0 Å². The number of rotatable bonds is 3. The number of alkyl halides is 1. The number of nitrogens with zero attached hydrogens (tertiary/aromatic N) is 2. The third kappa shape index (κ3) is 3.03. The van der Waals surface area contributed by atoms with E-state index in [0.717, 1.165) is 17.8 Å². The van der Waals surface area contributed by atoms with E-state index in [-0.39, 0.29) is 6.03 Å². The van der Waals surface area contributed by atoms with Crippen LogP contribution in [-0.4, -0.2) is 34.5 Å². The van der Waals surface area contributed by atoms with Crippen molar-refractivity contribution in [2.45, 2.75) is 12.6 Å². The zero-order valence-corrected chi connectivity index (χ0v) is 13.1. The minimum atomic E-state index is -0.924. The maximum Gasteiger partial charge on any atom is 0.318 e. The first kappa shape index (κ1) is 15.8.